The molecular weight excluding hydrogens is 352 g/mol. The number of benzene rings is 1. The van der Waals surface area contributed by atoms with Gasteiger partial charge in [-0.2, -0.15) is 0 Å². The predicted molar refractivity (Wildman–Crippen MR) is 101 cm³/mol. The van der Waals surface area contributed by atoms with Crippen LogP contribution in [0.25, 0.3) is 10.9 Å². The number of piperidine rings is 1. The Balaban J connectivity index is 1.75. The average molecular weight is 377 g/mol. The molecule has 0 radical (unpaired) electrons. The Morgan fingerprint density at radius 1 is 1.31 bits per heavy atom. The summed E-state index contributed by atoms with van der Waals surface area (Å²) in [5, 5.41) is 1.11. The quantitative estimate of drug-likeness (QED) is 0.829. The van der Waals surface area contributed by atoms with Gasteiger partial charge in [-0.25, -0.2) is 0 Å². The minimum atomic E-state index is -0.945. The zero-order valence-corrected chi connectivity index (χ0v) is 15.8. The van der Waals surface area contributed by atoms with Crippen LogP contribution in [0, 0.1) is 5.92 Å². The maximum Gasteiger partial charge on any atom is 0.237 e. The topological polar surface area (TPSA) is 54.6 Å². The number of likely N-dealkylation sites (tertiary alicyclic amines) is 1. The largest absolute Gasteiger partial charge is 0.354 e. The van der Waals surface area contributed by atoms with Crippen LogP contribution in [0.15, 0.2) is 30.3 Å². The first-order chi connectivity index (χ1) is 12.7. The molecule has 5 nitrogen and oxygen atoms in total. The van der Waals surface area contributed by atoms with Crippen LogP contribution in [0.3, 0.4) is 0 Å². The highest BCUT2D eigenvalue weighted by atomic mass is 35.5. The zero-order chi connectivity index (χ0) is 18.1. The predicted octanol–water partition coefficient (Wildman–Crippen LogP) is 3.62. The van der Waals surface area contributed by atoms with E-state index < -0.39 is 5.79 Å². The molecule has 2 aromatic rings. The van der Waals surface area contributed by atoms with Crippen LogP contribution in [0.5, 0.6) is 0 Å². The number of alkyl halides is 1. The van der Waals surface area contributed by atoms with Crippen LogP contribution >= 0.6 is 11.6 Å². The smallest absolute Gasteiger partial charge is 0.237 e. The summed E-state index contributed by atoms with van der Waals surface area (Å²) in [6.45, 7) is 3.92. The van der Waals surface area contributed by atoms with Crippen LogP contribution in [-0.4, -0.2) is 47.5 Å². The molecule has 2 aliphatic heterocycles. The SMILES string of the molecule is CC[C@@H]1CC[C@H](C2(c3cc4ccccc4[nH]3)OCCO2)N(C(=O)CCl)C1. The first-order valence-corrected chi connectivity index (χ1v) is 9.93. The fourth-order valence-electron chi connectivity index (χ4n) is 4.34. The minimum Gasteiger partial charge on any atom is -0.354 e. The van der Waals surface area contributed by atoms with Crippen LogP contribution < -0.4 is 0 Å². The molecule has 0 unspecified atom stereocenters. The van der Waals surface area contributed by atoms with E-state index in [0.717, 1.165) is 35.9 Å². The standard InChI is InChI=1S/C20H25ClN2O3/c1-2-14-7-8-18(23(13-14)19(24)12-21)20(25-9-10-26-20)17-11-15-5-3-4-6-16(15)22-17/h3-6,11,14,18,22H,2,7-10,12-13H2,1H3/t14-,18-/m1/s1. The number of halogens is 1. The lowest BCUT2D eigenvalue weighted by Crippen LogP contribution is -2.58. The van der Waals surface area contributed by atoms with E-state index in [2.05, 4.69) is 24.0 Å². The van der Waals surface area contributed by atoms with E-state index >= 15 is 0 Å². The van der Waals surface area contributed by atoms with Gasteiger partial charge in [0.2, 0.25) is 11.7 Å². The highest BCUT2D eigenvalue weighted by molar-refractivity contribution is 6.27. The average Bonchev–Trinajstić information content (AvgIpc) is 3.34. The molecule has 1 amide bonds. The molecule has 2 saturated heterocycles. The zero-order valence-electron chi connectivity index (χ0n) is 15.0. The fraction of sp³-hybridized carbons (Fsp3) is 0.550. The second-order valence-corrected chi connectivity index (χ2v) is 7.45. The number of nitrogens with one attached hydrogen (secondary N) is 1. The van der Waals surface area contributed by atoms with E-state index in [4.69, 9.17) is 21.1 Å². The van der Waals surface area contributed by atoms with Gasteiger partial charge in [0, 0.05) is 12.1 Å². The molecule has 4 rings (SSSR count). The molecule has 2 aliphatic rings. The number of hydrogen-bond donors (Lipinski definition) is 1. The van der Waals surface area contributed by atoms with Crippen LogP contribution in [0.1, 0.15) is 31.9 Å². The molecule has 2 atom stereocenters. The van der Waals surface area contributed by atoms with Crippen molar-refractivity contribution in [2.45, 2.75) is 38.0 Å². The highest BCUT2D eigenvalue weighted by Gasteiger charge is 2.52. The molecule has 6 heteroatoms. The number of aromatic nitrogens is 1. The fourth-order valence-corrected chi connectivity index (χ4v) is 4.50. The Bertz CT molecular complexity index is 751. The van der Waals surface area contributed by atoms with Crippen molar-refractivity contribution in [3.63, 3.8) is 0 Å². The van der Waals surface area contributed by atoms with Gasteiger partial charge in [0.25, 0.3) is 0 Å². The summed E-state index contributed by atoms with van der Waals surface area (Å²) in [6, 6.07) is 10.0. The van der Waals surface area contributed by atoms with Crippen molar-refractivity contribution >= 4 is 28.4 Å². The molecule has 0 aliphatic carbocycles. The van der Waals surface area contributed by atoms with Crippen molar-refractivity contribution in [1.29, 1.82) is 0 Å². The number of fused-ring (bicyclic) bond motifs is 1. The van der Waals surface area contributed by atoms with Crippen molar-refractivity contribution in [2.24, 2.45) is 5.92 Å². The third-order valence-electron chi connectivity index (χ3n) is 5.75. The number of nitrogens with zero attached hydrogens (tertiary/aromatic N) is 1. The van der Waals surface area contributed by atoms with Gasteiger partial charge in [0.1, 0.15) is 5.88 Å². The molecule has 140 valence electrons. The third kappa shape index (κ3) is 2.92. The number of carbonyl (C=O) groups is 1. The third-order valence-corrected chi connectivity index (χ3v) is 5.98. The highest BCUT2D eigenvalue weighted by Crippen LogP contribution is 2.43. The van der Waals surface area contributed by atoms with E-state index in [0.29, 0.717) is 25.7 Å². The number of aromatic amines is 1. The molecular formula is C20H25ClN2O3. The number of hydrogen-bond acceptors (Lipinski definition) is 3. The van der Waals surface area contributed by atoms with Gasteiger partial charge in [-0.1, -0.05) is 31.5 Å². The molecule has 1 aromatic carbocycles. The van der Waals surface area contributed by atoms with Gasteiger partial charge in [-0.05, 0) is 36.3 Å². The maximum atomic E-state index is 12.6. The number of H-pyrrole nitrogens is 1. The summed E-state index contributed by atoms with van der Waals surface area (Å²) < 4.78 is 12.4. The number of carbonyl (C=O) groups excluding carboxylic acids is 1. The molecule has 3 heterocycles. The minimum absolute atomic E-state index is 0.0181. The second-order valence-electron chi connectivity index (χ2n) is 7.18. The van der Waals surface area contributed by atoms with E-state index in [9.17, 15) is 4.79 Å². The Labute approximate surface area is 158 Å². The Morgan fingerprint density at radius 3 is 2.77 bits per heavy atom. The monoisotopic (exact) mass is 376 g/mol. The molecule has 0 saturated carbocycles. The van der Waals surface area contributed by atoms with E-state index in [-0.39, 0.29) is 17.8 Å². The summed E-state index contributed by atoms with van der Waals surface area (Å²) in [5.41, 5.74) is 1.92. The first-order valence-electron chi connectivity index (χ1n) is 9.39. The van der Waals surface area contributed by atoms with Crippen molar-refractivity contribution in [3.8, 4) is 0 Å². The molecule has 0 bridgehead atoms. The Morgan fingerprint density at radius 2 is 2.08 bits per heavy atom. The van der Waals surface area contributed by atoms with Crippen LogP contribution in [0.4, 0.5) is 0 Å². The Hall–Kier alpha value is -1.56. The molecule has 26 heavy (non-hydrogen) atoms. The first kappa shape index (κ1) is 17.8. The summed E-state index contributed by atoms with van der Waals surface area (Å²) >= 11 is 5.92. The van der Waals surface area contributed by atoms with Crippen molar-refractivity contribution < 1.29 is 14.3 Å². The maximum absolute atomic E-state index is 12.6. The molecule has 0 spiro atoms. The van der Waals surface area contributed by atoms with Gasteiger partial charge in [-0.15, -0.1) is 11.6 Å². The van der Waals surface area contributed by atoms with Crippen molar-refractivity contribution in [3.05, 3.63) is 36.0 Å². The van der Waals surface area contributed by atoms with Gasteiger partial charge >= 0.3 is 0 Å². The van der Waals surface area contributed by atoms with E-state index in [1.54, 1.807) is 0 Å². The molecule has 1 aromatic heterocycles. The number of rotatable bonds is 4. The summed E-state index contributed by atoms with van der Waals surface area (Å²) in [6.07, 6.45) is 2.96. The lowest BCUT2D eigenvalue weighted by Gasteiger charge is -2.46. The van der Waals surface area contributed by atoms with Crippen LogP contribution in [-0.2, 0) is 20.1 Å². The molecule has 1 N–H and O–H groups in total. The molecule has 2 fully saturated rings. The van der Waals surface area contributed by atoms with Gasteiger partial charge in [0.15, 0.2) is 0 Å². The number of ether oxygens (including phenoxy) is 2. The van der Waals surface area contributed by atoms with Gasteiger partial charge < -0.3 is 19.4 Å². The second kappa shape index (κ2) is 7.22. The Kier molecular flexibility index (Phi) is 4.95. The van der Waals surface area contributed by atoms with E-state index in [1.807, 2.05) is 23.1 Å². The normalized spacial score (nSPS) is 25.7. The van der Waals surface area contributed by atoms with E-state index in [1.165, 1.54) is 0 Å². The van der Waals surface area contributed by atoms with Gasteiger partial charge in [0.05, 0.1) is 24.9 Å². The van der Waals surface area contributed by atoms with Crippen molar-refractivity contribution in [1.82, 2.24) is 9.88 Å². The van der Waals surface area contributed by atoms with Crippen molar-refractivity contribution in [2.75, 3.05) is 25.6 Å². The summed E-state index contributed by atoms with van der Waals surface area (Å²) in [5.74, 6) is -0.515. The number of amides is 1. The lowest BCUT2D eigenvalue weighted by atomic mass is 9.85. The summed E-state index contributed by atoms with van der Waals surface area (Å²) in [4.78, 5) is 18.0. The summed E-state index contributed by atoms with van der Waals surface area (Å²) in [7, 11) is 0. The van der Waals surface area contributed by atoms with Gasteiger partial charge in [-0.3, -0.25) is 4.79 Å². The van der Waals surface area contributed by atoms with Crippen LogP contribution in [0.2, 0.25) is 0 Å². The lowest BCUT2D eigenvalue weighted by molar-refractivity contribution is -0.222. The number of para-hydroxylation sites is 1.